The number of aliphatic imine (C=N–C) groups is 1. The lowest BCUT2D eigenvalue weighted by Gasteiger charge is -2.23. The van der Waals surface area contributed by atoms with Gasteiger partial charge < -0.3 is 4.74 Å². The molecule has 2 aromatic rings. The van der Waals surface area contributed by atoms with E-state index < -0.39 is 37.1 Å². The number of halogens is 7. The van der Waals surface area contributed by atoms with Crippen molar-refractivity contribution in [1.29, 1.82) is 0 Å². The van der Waals surface area contributed by atoms with E-state index in [9.17, 15) is 30.7 Å². The molecule has 2 aliphatic heterocycles. The minimum absolute atomic E-state index is 0.00297. The summed E-state index contributed by atoms with van der Waals surface area (Å²) in [5, 5.41) is 8.24. The first kappa shape index (κ1) is 21.8. The van der Waals surface area contributed by atoms with Gasteiger partial charge in [-0.2, -0.15) is 36.4 Å². The number of benzene rings is 1. The van der Waals surface area contributed by atoms with E-state index in [1.165, 1.54) is 25.4 Å². The van der Waals surface area contributed by atoms with Crippen LogP contribution in [-0.4, -0.2) is 39.7 Å². The normalized spacial score (nSPS) is 16.8. The maximum Gasteiger partial charge on any atom is 0.486 e. The molecule has 1 radical (unpaired) electrons. The molecule has 7 nitrogen and oxygen atoms in total. The van der Waals surface area contributed by atoms with Crippen molar-refractivity contribution in [3.63, 3.8) is 0 Å². The second-order valence-corrected chi connectivity index (χ2v) is 6.81. The lowest BCUT2D eigenvalue weighted by Crippen LogP contribution is -2.49. The summed E-state index contributed by atoms with van der Waals surface area (Å²) in [6, 6.07) is 3.55. The summed E-state index contributed by atoms with van der Waals surface area (Å²) >= 11 is 0. The van der Waals surface area contributed by atoms with E-state index in [0.717, 1.165) is 22.0 Å². The molecular formula is C18H13F7N6O+. The Balaban J connectivity index is 1.54. The van der Waals surface area contributed by atoms with Crippen molar-refractivity contribution in [2.75, 3.05) is 6.54 Å². The van der Waals surface area contributed by atoms with Crippen LogP contribution in [0.25, 0.3) is 5.70 Å². The molecule has 4 rings (SSSR count). The Hall–Kier alpha value is -3.42. The van der Waals surface area contributed by atoms with E-state index >= 15 is 0 Å². The monoisotopic (exact) mass is 462 g/mol. The van der Waals surface area contributed by atoms with Crippen LogP contribution >= 0.6 is 0 Å². The highest BCUT2D eigenvalue weighted by Crippen LogP contribution is 2.33. The molecule has 1 aromatic heterocycles. The van der Waals surface area contributed by atoms with Crippen LogP contribution < -0.4 is 9.75 Å². The zero-order valence-electron chi connectivity index (χ0n) is 16.1. The lowest BCUT2D eigenvalue weighted by molar-refractivity contribution is -0.212. The Kier molecular flexibility index (Phi) is 5.19. The number of rotatable bonds is 4. The fourth-order valence-electron chi connectivity index (χ4n) is 3.09. The summed E-state index contributed by atoms with van der Waals surface area (Å²) in [5.74, 6) is -1.19. The van der Waals surface area contributed by atoms with E-state index in [1.807, 2.05) is 0 Å². The van der Waals surface area contributed by atoms with Crippen molar-refractivity contribution in [2.24, 2.45) is 17.1 Å². The Morgan fingerprint density at radius 1 is 1.16 bits per heavy atom. The largest absolute Gasteiger partial charge is 0.486 e. The SMILES string of the molecule is Cn1cc(COc2cc(C3=CN=C4CN(C(F)(F)F)C=N[N+]34)ccc2F)c(C(F)(F)F)n1. The third kappa shape index (κ3) is 4.17. The molecule has 0 N–H and O–H groups in total. The summed E-state index contributed by atoms with van der Waals surface area (Å²) < 4.78 is 98.2. The minimum Gasteiger partial charge on any atom is -0.486 e. The first-order valence-corrected chi connectivity index (χ1v) is 8.90. The molecule has 0 amide bonds. The first-order valence-electron chi connectivity index (χ1n) is 8.90. The smallest absolute Gasteiger partial charge is 0.486 e. The summed E-state index contributed by atoms with van der Waals surface area (Å²) in [4.78, 5) is 3.97. The molecule has 0 unspecified atom stereocenters. The molecule has 0 bridgehead atoms. The molecule has 0 saturated carbocycles. The average Bonchev–Trinajstić information content (AvgIpc) is 3.29. The highest BCUT2D eigenvalue weighted by molar-refractivity contribution is 6.01. The average molecular weight is 462 g/mol. The Labute approximate surface area is 175 Å². The summed E-state index contributed by atoms with van der Waals surface area (Å²) in [5.41, 5.74) is -0.895. The molecule has 0 saturated heterocycles. The molecular weight excluding hydrogens is 449 g/mol. The van der Waals surface area contributed by atoms with Crippen LogP contribution in [0, 0.1) is 5.82 Å². The Bertz CT molecular complexity index is 1130. The number of hydrogen-bond donors (Lipinski definition) is 0. The highest BCUT2D eigenvalue weighted by atomic mass is 19.4. The predicted octanol–water partition coefficient (Wildman–Crippen LogP) is 3.79. The van der Waals surface area contributed by atoms with Crippen molar-refractivity contribution >= 4 is 17.9 Å². The molecule has 32 heavy (non-hydrogen) atoms. The molecule has 0 aliphatic carbocycles. The Morgan fingerprint density at radius 2 is 1.91 bits per heavy atom. The zero-order valence-corrected chi connectivity index (χ0v) is 16.1. The van der Waals surface area contributed by atoms with Gasteiger partial charge in [0.1, 0.15) is 19.4 Å². The number of hydrogen-bond acceptors (Lipinski definition) is 6. The van der Waals surface area contributed by atoms with Gasteiger partial charge in [0.2, 0.25) is 5.70 Å². The second kappa shape index (κ2) is 7.62. The van der Waals surface area contributed by atoms with Crippen LogP contribution in [0.1, 0.15) is 16.8 Å². The van der Waals surface area contributed by atoms with Gasteiger partial charge in [-0.25, -0.2) is 4.39 Å². The van der Waals surface area contributed by atoms with E-state index in [1.54, 1.807) is 0 Å². The van der Waals surface area contributed by atoms with Crippen molar-refractivity contribution < 1.29 is 35.5 Å². The van der Waals surface area contributed by atoms with Crippen LogP contribution in [0.3, 0.4) is 0 Å². The van der Waals surface area contributed by atoms with Gasteiger partial charge in [0, 0.05) is 24.4 Å². The van der Waals surface area contributed by atoms with Crippen LogP contribution in [0.5, 0.6) is 5.75 Å². The fourth-order valence-corrected chi connectivity index (χ4v) is 3.09. The van der Waals surface area contributed by atoms with Crippen molar-refractivity contribution in [1.82, 2.24) is 19.7 Å². The summed E-state index contributed by atoms with van der Waals surface area (Å²) in [6.45, 7) is -1.18. The molecule has 0 spiro atoms. The van der Waals surface area contributed by atoms with Gasteiger partial charge in [-0.15, -0.1) is 0 Å². The van der Waals surface area contributed by atoms with Gasteiger partial charge in [0.25, 0.3) is 0 Å². The lowest BCUT2D eigenvalue weighted by atomic mass is 10.1. The van der Waals surface area contributed by atoms with Gasteiger partial charge in [-0.1, -0.05) is 0 Å². The number of fused-ring (bicyclic) bond motifs is 1. The summed E-state index contributed by atoms with van der Waals surface area (Å²) in [7, 11) is 1.31. The quantitative estimate of drug-likeness (QED) is 0.395. The standard InChI is InChI=1S/C18H13F7N6O/c1-29-6-11(16(28-29)17(20,21)22)8-32-14-4-10(2-3-12(14)19)13-5-26-15-7-30(18(23,24)25)9-27-31(13)15/h2-6,9H,7-8H2,1H3/q+1. The minimum atomic E-state index is -4.71. The fraction of sp³-hybridized carbons (Fsp3) is 0.278. The summed E-state index contributed by atoms with van der Waals surface area (Å²) in [6.07, 6.45) is -6.37. The molecule has 0 atom stereocenters. The van der Waals surface area contributed by atoms with Crippen molar-refractivity contribution in [3.05, 3.63) is 53.2 Å². The third-order valence-electron chi connectivity index (χ3n) is 4.54. The molecule has 0 fully saturated rings. The molecule has 1 aromatic carbocycles. The molecule has 14 heteroatoms. The number of alkyl halides is 6. The van der Waals surface area contributed by atoms with E-state index in [0.29, 0.717) is 11.9 Å². The first-order chi connectivity index (χ1) is 14.9. The third-order valence-corrected chi connectivity index (χ3v) is 4.54. The topological polar surface area (TPSA) is 60.9 Å². The van der Waals surface area contributed by atoms with Gasteiger partial charge in [-0.3, -0.25) is 9.58 Å². The number of aryl methyl sites for hydroxylation is 1. The van der Waals surface area contributed by atoms with Gasteiger partial charge in [0.05, 0.1) is 5.01 Å². The van der Waals surface area contributed by atoms with Gasteiger partial charge in [-0.05, 0) is 23.3 Å². The number of aromatic nitrogens is 2. The molecule has 3 heterocycles. The van der Waals surface area contributed by atoms with E-state index in [-0.39, 0.29) is 27.7 Å². The number of ether oxygens (including phenoxy) is 1. The van der Waals surface area contributed by atoms with Gasteiger partial charge >= 0.3 is 18.3 Å². The second-order valence-electron chi connectivity index (χ2n) is 6.81. The molecule has 2 aliphatic rings. The van der Waals surface area contributed by atoms with E-state index in [2.05, 4.69) is 15.2 Å². The maximum atomic E-state index is 14.2. The Morgan fingerprint density at radius 3 is 2.59 bits per heavy atom. The predicted molar refractivity (Wildman–Crippen MR) is 97.7 cm³/mol. The van der Waals surface area contributed by atoms with Crippen LogP contribution in [-0.2, 0) is 19.8 Å². The maximum absolute atomic E-state index is 14.2. The van der Waals surface area contributed by atoms with E-state index in [4.69, 9.17) is 4.74 Å². The van der Waals surface area contributed by atoms with Crippen LogP contribution in [0.15, 0.2) is 40.7 Å². The van der Waals surface area contributed by atoms with Crippen LogP contribution in [0.4, 0.5) is 30.7 Å². The van der Waals surface area contributed by atoms with Crippen molar-refractivity contribution in [3.8, 4) is 5.75 Å². The van der Waals surface area contributed by atoms with Crippen LogP contribution in [0.2, 0.25) is 0 Å². The van der Waals surface area contributed by atoms with Crippen molar-refractivity contribution in [2.45, 2.75) is 19.1 Å². The van der Waals surface area contributed by atoms with Gasteiger partial charge in [0.15, 0.2) is 23.6 Å². The molecule has 169 valence electrons. The number of amidine groups is 1. The highest BCUT2D eigenvalue weighted by Gasteiger charge is 2.47. The number of nitrogens with zero attached hydrogens (tertiary/aromatic N) is 6. The zero-order chi connectivity index (χ0) is 23.3. The number of hydrazone groups is 1.